The lowest BCUT2D eigenvalue weighted by atomic mass is 10.2. The number of carbonyl (C=O) groups is 1. The number of amides is 1. The molecule has 28 heavy (non-hydrogen) atoms. The van der Waals surface area contributed by atoms with E-state index in [0.29, 0.717) is 36.0 Å². The first-order chi connectivity index (χ1) is 13.3. The van der Waals surface area contributed by atoms with Crippen LogP contribution in [0.15, 0.2) is 53.4 Å². The lowest BCUT2D eigenvalue weighted by Crippen LogP contribution is -2.32. The SMILES string of the molecule is CCC(Oc1cccc(Cl)c1)C(=O)Nc1ccc(S(=O)(=O)N(CC)CC)cc1. The summed E-state index contributed by atoms with van der Waals surface area (Å²) in [6, 6.07) is 13.0. The molecule has 6 nitrogen and oxygen atoms in total. The molecular weight excluding hydrogens is 400 g/mol. The monoisotopic (exact) mass is 424 g/mol. The van der Waals surface area contributed by atoms with Gasteiger partial charge in [0.05, 0.1) is 4.90 Å². The zero-order valence-corrected chi connectivity index (χ0v) is 17.8. The Balaban J connectivity index is 2.09. The number of sulfonamides is 1. The molecule has 1 atom stereocenters. The van der Waals surface area contributed by atoms with Gasteiger partial charge in [0.2, 0.25) is 10.0 Å². The summed E-state index contributed by atoms with van der Waals surface area (Å²) >= 11 is 5.94. The average molecular weight is 425 g/mol. The third kappa shape index (κ3) is 5.47. The van der Waals surface area contributed by atoms with Crippen LogP contribution in [-0.2, 0) is 14.8 Å². The number of hydrogen-bond acceptors (Lipinski definition) is 4. The number of benzene rings is 2. The fourth-order valence-corrected chi connectivity index (χ4v) is 4.31. The lowest BCUT2D eigenvalue weighted by Gasteiger charge is -2.19. The summed E-state index contributed by atoms with van der Waals surface area (Å²) in [6.07, 6.45) is -0.232. The largest absolute Gasteiger partial charge is 0.481 e. The minimum absolute atomic E-state index is 0.191. The summed E-state index contributed by atoms with van der Waals surface area (Å²) < 4.78 is 32.1. The van der Waals surface area contributed by atoms with Gasteiger partial charge in [0.25, 0.3) is 5.91 Å². The van der Waals surface area contributed by atoms with Gasteiger partial charge in [0, 0.05) is 23.8 Å². The van der Waals surface area contributed by atoms with Gasteiger partial charge in [0.1, 0.15) is 5.75 Å². The highest BCUT2D eigenvalue weighted by Gasteiger charge is 2.22. The van der Waals surface area contributed by atoms with Gasteiger partial charge in [-0.25, -0.2) is 8.42 Å². The first-order valence-electron chi connectivity index (χ1n) is 9.15. The quantitative estimate of drug-likeness (QED) is 0.655. The molecule has 0 fully saturated rings. The Morgan fingerprint density at radius 1 is 1.11 bits per heavy atom. The highest BCUT2D eigenvalue weighted by atomic mass is 35.5. The van der Waals surface area contributed by atoms with Crippen LogP contribution in [0.25, 0.3) is 0 Å². The number of rotatable bonds is 9. The number of nitrogens with zero attached hydrogens (tertiary/aromatic N) is 1. The van der Waals surface area contributed by atoms with Crippen molar-refractivity contribution in [2.24, 2.45) is 0 Å². The van der Waals surface area contributed by atoms with Gasteiger partial charge in [-0.2, -0.15) is 4.31 Å². The smallest absolute Gasteiger partial charge is 0.265 e. The molecule has 152 valence electrons. The van der Waals surface area contributed by atoms with Crippen LogP contribution in [0.2, 0.25) is 5.02 Å². The van der Waals surface area contributed by atoms with E-state index < -0.39 is 16.1 Å². The average Bonchev–Trinajstić information content (AvgIpc) is 2.67. The second-order valence-electron chi connectivity index (χ2n) is 6.08. The predicted octanol–water partition coefficient (Wildman–Crippen LogP) is 4.17. The molecule has 2 aromatic rings. The zero-order valence-electron chi connectivity index (χ0n) is 16.2. The van der Waals surface area contributed by atoms with E-state index in [4.69, 9.17) is 16.3 Å². The van der Waals surface area contributed by atoms with Crippen molar-refractivity contribution in [2.75, 3.05) is 18.4 Å². The Labute approximate surface area is 171 Å². The maximum Gasteiger partial charge on any atom is 0.265 e. The van der Waals surface area contributed by atoms with Crippen LogP contribution in [0.5, 0.6) is 5.75 Å². The van der Waals surface area contributed by atoms with Crippen molar-refractivity contribution in [3.63, 3.8) is 0 Å². The molecule has 0 aliphatic rings. The van der Waals surface area contributed by atoms with Crippen LogP contribution in [0.3, 0.4) is 0 Å². The van der Waals surface area contributed by atoms with Crippen molar-refractivity contribution >= 4 is 33.2 Å². The van der Waals surface area contributed by atoms with E-state index in [9.17, 15) is 13.2 Å². The van der Waals surface area contributed by atoms with Gasteiger partial charge in [-0.05, 0) is 48.9 Å². The number of hydrogen-bond donors (Lipinski definition) is 1. The van der Waals surface area contributed by atoms with E-state index in [1.165, 1.54) is 16.4 Å². The Hall–Kier alpha value is -2.09. The van der Waals surface area contributed by atoms with Crippen molar-refractivity contribution in [2.45, 2.75) is 38.2 Å². The first-order valence-corrected chi connectivity index (χ1v) is 11.0. The maximum atomic E-state index is 12.5. The van der Waals surface area contributed by atoms with Crippen LogP contribution < -0.4 is 10.1 Å². The number of anilines is 1. The van der Waals surface area contributed by atoms with E-state index >= 15 is 0 Å². The lowest BCUT2D eigenvalue weighted by molar-refractivity contribution is -0.122. The summed E-state index contributed by atoms with van der Waals surface area (Å²) in [4.78, 5) is 12.7. The second kappa shape index (κ2) is 9.91. The summed E-state index contributed by atoms with van der Waals surface area (Å²) in [6.45, 7) is 6.22. The van der Waals surface area contributed by atoms with E-state index in [-0.39, 0.29) is 10.8 Å². The Morgan fingerprint density at radius 2 is 1.75 bits per heavy atom. The van der Waals surface area contributed by atoms with Gasteiger partial charge in [-0.3, -0.25) is 4.79 Å². The van der Waals surface area contributed by atoms with Crippen molar-refractivity contribution < 1.29 is 17.9 Å². The standard InChI is InChI=1S/C20H25ClN2O4S/c1-4-19(27-17-9-7-8-15(21)14-17)20(24)22-16-10-12-18(13-11-16)28(25,26)23(5-2)6-3/h7-14,19H,4-6H2,1-3H3,(H,22,24). The Kier molecular flexibility index (Phi) is 7.86. The topological polar surface area (TPSA) is 75.7 Å². The highest BCUT2D eigenvalue weighted by Crippen LogP contribution is 2.21. The maximum absolute atomic E-state index is 12.5. The first kappa shape index (κ1) is 22.2. The zero-order chi connectivity index (χ0) is 20.7. The fourth-order valence-electron chi connectivity index (χ4n) is 2.67. The third-order valence-electron chi connectivity index (χ3n) is 4.20. The van der Waals surface area contributed by atoms with Gasteiger partial charge in [-0.15, -0.1) is 0 Å². The molecule has 0 spiro atoms. The van der Waals surface area contributed by atoms with E-state index in [2.05, 4.69) is 5.32 Å². The molecule has 8 heteroatoms. The van der Waals surface area contributed by atoms with Gasteiger partial charge in [-0.1, -0.05) is 38.4 Å². The van der Waals surface area contributed by atoms with Crippen molar-refractivity contribution in [3.8, 4) is 5.75 Å². The molecule has 1 amide bonds. The molecule has 1 N–H and O–H groups in total. The van der Waals surface area contributed by atoms with Gasteiger partial charge >= 0.3 is 0 Å². The molecule has 0 aliphatic heterocycles. The summed E-state index contributed by atoms with van der Waals surface area (Å²) in [7, 11) is -3.53. The molecule has 0 heterocycles. The molecule has 0 aromatic heterocycles. The van der Waals surface area contributed by atoms with Crippen LogP contribution in [0.1, 0.15) is 27.2 Å². The molecule has 2 aromatic carbocycles. The third-order valence-corrected chi connectivity index (χ3v) is 6.50. The molecular formula is C20H25ClN2O4S. The summed E-state index contributed by atoms with van der Waals surface area (Å²) in [5.74, 6) is 0.192. The summed E-state index contributed by atoms with van der Waals surface area (Å²) in [5, 5.41) is 3.28. The molecule has 0 aliphatic carbocycles. The van der Waals surface area contributed by atoms with E-state index in [0.717, 1.165) is 0 Å². The van der Waals surface area contributed by atoms with Crippen molar-refractivity contribution in [1.29, 1.82) is 0 Å². The normalized spacial score (nSPS) is 12.6. The molecule has 0 saturated carbocycles. The Bertz CT molecular complexity index is 897. The van der Waals surface area contributed by atoms with Crippen LogP contribution in [0, 0.1) is 0 Å². The molecule has 1 unspecified atom stereocenters. The van der Waals surface area contributed by atoms with Crippen molar-refractivity contribution in [3.05, 3.63) is 53.6 Å². The minimum atomic E-state index is -3.53. The number of ether oxygens (including phenoxy) is 1. The Morgan fingerprint density at radius 3 is 2.29 bits per heavy atom. The number of halogens is 1. The van der Waals surface area contributed by atoms with Crippen LogP contribution in [-0.4, -0.2) is 37.8 Å². The van der Waals surface area contributed by atoms with Crippen molar-refractivity contribution in [1.82, 2.24) is 4.31 Å². The minimum Gasteiger partial charge on any atom is -0.481 e. The fraction of sp³-hybridized carbons (Fsp3) is 0.350. The molecule has 0 bridgehead atoms. The van der Waals surface area contributed by atoms with Crippen LogP contribution in [0.4, 0.5) is 5.69 Å². The summed E-state index contributed by atoms with van der Waals surface area (Å²) in [5.41, 5.74) is 0.497. The number of carbonyl (C=O) groups excluding carboxylic acids is 1. The highest BCUT2D eigenvalue weighted by molar-refractivity contribution is 7.89. The van der Waals surface area contributed by atoms with E-state index in [1.807, 2.05) is 6.92 Å². The predicted molar refractivity (Wildman–Crippen MR) is 111 cm³/mol. The molecule has 2 rings (SSSR count). The molecule has 0 saturated heterocycles. The molecule has 0 radical (unpaired) electrons. The van der Waals surface area contributed by atoms with Crippen LogP contribution >= 0.6 is 11.6 Å². The van der Waals surface area contributed by atoms with Gasteiger partial charge in [0.15, 0.2) is 6.10 Å². The van der Waals surface area contributed by atoms with E-state index in [1.54, 1.807) is 50.2 Å². The number of nitrogens with one attached hydrogen (secondary N) is 1. The van der Waals surface area contributed by atoms with Gasteiger partial charge < -0.3 is 10.1 Å². The second-order valence-corrected chi connectivity index (χ2v) is 8.45.